The van der Waals surface area contributed by atoms with Gasteiger partial charge in [-0.3, -0.25) is 0 Å². The fraction of sp³-hybridized carbons (Fsp3) is 0.111. The smallest absolute Gasteiger partial charge is 0.147 e. The number of phenols is 2. The van der Waals surface area contributed by atoms with Crippen LogP contribution in [0.3, 0.4) is 0 Å². The van der Waals surface area contributed by atoms with Crippen molar-refractivity contribution in [2.75, 3.05) is 0 Å². The second-order valence-corrected chi connectivity index (χ2v) is 8.93. The number of rotatable bonds is 4. The molecule has 172 valence electrons. The Morgan fingerprint density at radius 2 is 0.857 bits per heavy atom. The number of fused-ring (bicyclic) bond motifs is 2. The molecule has 0 saturated carbocycles. The molecule has 0 aliphatic carbocycles. The third-order valence-corrected chi connectivity index (χ3v) is 6.38. The topological polar surface area (TPSA) is 102 Å². The number of benzene rings is 4. The van der Waals surface area contributed by atoms with Crippen LogP contribution in [-0.4, -0.2) is 40.2 Å². The molecule has 0 amide bonds. The SMILES string of the molecule is CC(C)(c1cccc(-n2nc3ccccc3n2)c1O)c1cccc(-n2nc3ccccc3n2)c1O. The van der Waals surface area contributed by atoms with Crippen LogP contribution >= 0.6 is 0 Å². The second-order valence-electron chi connectivity index (χ2n) is 8.93. The molecule has 4 aromatic carbocycles. The van der Waals surface area contributed by atoms with E-state index in [0.717, 1.165) is 22.1 Å². The number of aromatic nitrogens is 6. The molecule has 0 atom stereocenters. The Balaban J connectivity index is 1.46. The van der Waals surface area contributed by atoms with Crippen molar-refractivity contribution >= 4 is 22.1 Å². The first kappa shape index (κ1) is 20.9. The summed E-state index contributed by atoms with van der Waals surface area (Å²) in [4.78, 5) is 2.88. The van der Waals surface area contributed by atoms with Gasteiger partial charge in [0.25, 0.3) is 0 Å². The van der Waals surface area contributed by atoms with Crippen LogP contribution in [0.25, 0.3) is 33.4 Å². The molecule has 0 aliphatic heterocycles. The third-order valence-electron chi connectivity index (χ3n) is 6.38. The van der Waals surface area contributed by atoms with Crippen molar-refractivity contribution in [2.24, 2.45) is 0 Å². The molecule has 0 spiro atoms. The Kier molecular flexibility index (Phi) is 4.57. The predicted octanol–water partition coefficient (Wildman–Crippen LogP) is 4.89. The summed E-state index contributed by atoms with van der Waals surface area (Å²) in [6.45, 7) is 3.90. The second kappa shape index (κ2) is 7.66. The maximum Gasteiger partial charge on any atom is 0.147 e. The summed E-state index contributed by atoms with van der Waals surface area (Å²) in [5.41, 5.74) is 4.36. The molecule has 0 radical (unpaired) electrons. The van der Waals surface area contributed by atoms with Gasteiger partial charge in [-0.25, -0.2) is 0 Å². The Labute approximate surface area is 200 Å². The molecule has 2 N–H and O–H groups in total. The van der Waals surface area contributed by atoms with Gasteiger partial charge in [0.1, 0.15) is 44.9 Å². The Hall–Kier alpha value is -4.72. The van der Waals surface area contributed by atoms with Gasteiger partial charge in [-0.1, -0.05) is 62.4 Å². The van der Waals surface area contributed by atoms with Gasteiger partial charge in [-0.2, -0.15) is 0 Å². The van der Waals surface area contributed by atoms with Crippen molar-refractivity contribution in [3.8, 4) is 22.9 Å². The molecule has 8 heteroatoms. The first-order chi connectivity index (χ1) is 16.9. The van der Waals surface area contributed by atoms with E-state index in [1.165, 1.54) is 9.59 Å². The van der Waals surface area contributed by atoms with E-state index in [9.17, 15) is 10.2 Å². The normalized spacial score (nSPS) is 11.9. The lowest BCUT2D eigenvalue weighted by Gasteiger charge is -2.28. The maximum absolute atomic E-state index is 11.3. The summed E-state index contributed by atoms with van der Waals surface area (Å²) >= 11 is 0. The monoisotopic (exact) mass is 462 g/mol. The Bertz CT molecular complexity index is 1520. The number of hydrogen-bond donors (Lipinski definition) is 2. The van der Waals surface area contributed by atoms with E-state index >= 15 is 0 Å². The number of aromatic hydroxyl groups is 2. The minimum Gasteiger partial charge on any atom is -0.505 e. The van der Waals surface area contributed by atoms with Gasteiger partial charge in [-0.15, -0.1) is 30.0 Å². The fourth-order valence-electron chi connectivity index (χ4n) is 4.47. The number of hydrogen-bond acceptors (Lipinski definition) is 6. The largest absolute Gasteiger partial charge is 0.505 e. The van der Waals surface area contributed by atoms with Crippen LogP contribution in [-0.2, 0) is 5.41 Å². The van der Waals surface area contributed by atoms with Gasteiger partial charge in [0.15, 0.2) is 0 Å². The van der Waals surface area contributed by atoms with Crippen molar-refractivity contribution in [3.63, 3.8) is 0 Å². The highest BCUT2D eigenvalue weighted by Gasteiger charge is 2.32. The molecule has 2 heterocycles. The van der Waals surface area contributed by atoms with Gasteiger partial charge in [0.05, 0.1) is 0 Å². The van der Waals surface area contributed by atoms with Gasteiger partial charge in [0.2, 0.25) is 0 Å². The minimum absolute atomic E-state index is 0.0468. The molecule has 0 saturated heterocycles. The van der Waals surface area contributed by atoms with Crippen LogP contribution in [0, 0.1) is 0 Å². The van der Waals surface area contributed by atoms with Crippen LogP contribution in [0.15, 0.2) is 84.9 Å². The van der Waals surface area contributed by atoms with Crippen molar-refractivity contribution in [3.05, 3.63) is 96.1 Å². The van der Waals surface area contributed by atoms with Gasteiger partial charge >= 0.3 is 0 Å². The van der Waals surface area contributed by atoms with E-state index in [4.69, 9.17) is 0 Å². The maximum atomic E-state index is 11.3. The van der Waals surface area contributed by atoms with Crippen molar-refractivity contribution in [1.82, 2.24) is 30.0 Å². The minimum atomic E-state index is -0.765. The summed E-state index contributed by atoms with van der Waals surface area (Å²) in [6.07, 6.45) is 0. The number of para-hydroxylation sites is 2. The first-order valence-electron chi connectivity index (χ1n) is 11.2. The average molecular weight is 463 g/mol. The van der Waals surface area contributed by atoms with Crippen LogP contribution in [0.2, 0.25) is 0 Å². The quantitative estimate of drug-likeness (QED) is 0.387. The van der Waals surface area contributed by atoms with Gasteiger partial charge in [0, 0.05) is 16.5 Å². The van der Waals surface area contributed by atoms with E-state index in [1.807, 2.05) is 86.6 Å². The summed E-state index contributed by atoms with van der Waals surface area (Å²) in [5, 5.41) is 40.7. The fourth-order valence-corrected chi connectivity index (χ4v) is 4.47. The van der Waals surface area contributed by atoms with Gasteiger partial charge in [-0.05, 0) is 36.4 Å². The molecule has 0 fully saturated rings. The van der Waals surface area contributed by atoms with E-state index in [0.29, 0.717) is 22.5 Å². The number of phenolic OH excluding ortho intramolecular Hbond substituents is 2. The molecule has 6 aromatic rings. The van der Waals surface area contributed by atoms with E-state index in [-0.39, 0.29) is 11.5 Å². The molecule has 0 bridgehead atoms. The zero-order valence-electron chi connectivity index (χ0n) is 19.2. The lowest BCUT2D eigenvalue weighted by Crippen LogP contribution is -2.20. The molecule has 0 aliphatic rings. The van der Waals surface area contributed by atoms with Crippen molar-refractivity contribution in [2.45, 2.75) is 19.3 Å². The Morgan fingerprint density at radius 3 is 1.20 bits per heavy atom. The van der Waals surface area contributed by atoms with Crippen molar-refractivity contribution < 1.29 is 10.2 Å². The zero-order chi connectivity index (χ0) is 24.2. The zero-order valence-corrected chi connectivity index (χ0v) is 19.2. The van der Waals surface area contributed by atoms with Crippen molar-refractivity contribution in [1.29, 1.82) is 0 Å². The summed E-state index contributed by atoms with van der Waals surface area (Å²) in [6, 6.07) is 26.0. The van der Waals surface area contributed by atoms with Crippen LogP contribution in [0.4, 0.5) is 0 Å². The highest BCUT2D eigenvalue weighted by molar-refractivity contribution is 5.75. The lowest BCUT2D eigenvalue weighted by atomic mass is 9.77. The molecule has 35 heavy (non-hydrogen) atoms. The third kappa shape index (κ3) is 3.30. The average Bonchev–Trinajstić information content (AvgIpc) is 3.48. The van der Waals surface area contributed by atoms with Crippen LogP contribution in [0.1, 0.15) is 25.0 Å². The number of nitrogens with zero attached hydrogens (tertiary/aromatic N) is 6. The van der Waals surface area contributed by atoms with Crippen LogP contribution in [0.5, 0.6) is 11.5 Å². The molecule has 6 rings (SSSR count). The summed E-state index contributed by atoms with van der Waals surface area (Å²) in [7, 11) is 0. The summed E-state index contributed by atoms with van der Waals surface area (Å²) in [5.74, 6) is 0.0936. The highest BCUT2D eigenvalue weighted by Crippen LogP contribution is 2.44. The first-order valence-corrected chi connectivity index (χ1v) is 11.2. The molecule has 0 unspecified atom stereocenters. The molecular weight excluding hydrogens is 440 g/mol. The van der Waals surface area contributed by atoms with E-state index in [2.05, 4.69) is 20.4 Å². The predicted molar refractivity (Wildman–Crippen MR) is 133 cm³/mol. The van der Waals surface area contributed by atoms with E-state index < -0.39 is 5.41 Å². The standard InChI is InChI=1S/C27H22N6O2/c1-27(2,17-9-7-15-23(25(17)34)32-28-19-11-3-4-12-20(19)29-32)18-10-8-16-24(26(18)35)33-30-21-13-5-6-14-22(21)31-33/h3-16,34-35H,1-2H3. The lowest BCUT2D eigenvalue weighted by molar-refractivity contribution is 0.429. The molecule has 8 nitrogen and oxygen atoms in total. The summed E-state index contributed by atoms with van der Waals surface area (Å²) < 4.78 is 0. The van der Waals surface area contributed by atoms with Crippen LogP contribution < -0.4 is 0 Å². The van der Waals surface area contributed by atoms with Gasteiger partial charge < -0.3 is 10.2 Å². The highest BCUT2D eigenvalue weighted by atomic mass is 16.3. The van der Waals surface area contributed by atoms with E-state index in [1.54, 1.807) is 12.1 Å². The molecular formula is C27H22N6O2. The molecule has 2 aromatic heterocycles. The Morgan fingerprint density at radius 1 is 0.514 bits per heavy atom.